The molecule has 0 aliphatic heterocycles. The average Bonchev–Trinajstić information content (AvgIpc) is 3.63. The zero-order valence-corrected chi connectivity index (χ0v) is 26.4. The lowest BCUT2D eigenvalue weighted by molar-refractivity contribution is -0.274. The molecule has 2 heterocycles. The van der Waals surface area contributed by atoms with Crippen molar-refractivity contribution in [2.75, 3.05) is 6.54 Å². The van der Waals surface area contributed by atoms with Crippen LogP contribution in [0.5, 0.6) is 5.75 Å². The van der Waals surface area contributed by atoms with Crippen LogP contribution >= 0.6 is 11.3 Å². The van der Waals surface area contributed by atoms with Gasteiger partial charge < -0.3 is 10.1 Å². The first-order valence-corrected chi connectivity index (χ1v) is 15.4. The molecule has 0 bridgehead atoms. The first kappa shape index (κ1) is 32.6. The maximum atomic E-state index is 14.0. The highest BCUT2D eigenvalue weighted by molar-refractivity contribution is 7.07. The van der Waals surface area contributed by atoms with Gasteiger partial charge in [0.15, 0.2) is 10.6 Å². The van der Waals surface area contributed by atoms with Crippen LogP contribution in [0.15, 0.2) is 83.4 Å². The number of thiazole rings is 1. The van der Waals surface area contributed by atoms with Crippen LogP contribution < -0.4 is 14.9 Å². The average molecular weight is 653 g/mol. The van der Waals surface area contributed by atoms with Gasteiger partial charge in [-0.15, -0.1) is 29.6 Å². The molecule has 0 radical (unpaired) electrons. The van der Waals surface area contributed by atoms with Crippen LogP contribution in [0.2, 0.25) is 0 Å². The second-order valence-electron chi connectivity index (χ2n) is 11.2. The molecule has 46 heavy (non-hydrogen) atoms. The molecule has 0 aliphatic carbocycles. The minimum absolute atomic E-state index is 0.0823. The van der Waals surface area contributed by atoms with E-state index in [9.17, 15) is 22.4 Å². The summed E-state index contributed by atoms with van der Waals surface area (Å²) in [5.74, 6) is 0.0423. The molecule has 0 aliphatic rings. The summed E-state index contributed by atoms with van der Waals surface area (Å²) in [5.41, 5.74) is 4.91. The summed E-state index contributed by atoms with van der Waals surface area (Å²) in [4.78, 5) is 22.0. The minimum Gasteiger partial charge on any atom is -0.406 e. The van der Waals surface area contributed by atoms with E-state index in [-0.39, 0.29) is 23.4 Å². The number of aryl methyl sites for hydroxylation is 1. The van der Waals surface area contributed by atoms with E-state index in [1.807, 2.05) is 61.9 Å². The summed E-state index contributed by atoms with van der Waals surface area (Å²) in [6.07, 6.45) is -2.56. The molecule has 1 unspecified atom stereocenters. The van der Waals surface area contributed by atoms with Gasteiger partial charge >= 0.3 is 12.4 Å². The van der Waals surface area contributed by atoms with Gasteiger partial charge in [-0.1, -0.05) is 45.0 Å². The van der Waals surface area contributed by atoms with E-state index in [2.05, 4.69) is 25.1 Å². The Balaban J connectivity index is 1.18. The third-order valence-electron chi connectivity index (χ3n) is 7.15. The maximum Gasteiger partial charge on any atom is 0.573 e. The molecule has 0 saturated carbocycles. The second kappa shape index (κ2) is 13.7. The van der Waals surface area contributed by atoms with E-state index in [0.29, 0.717) is 29.3 Å². The minimum atomic E-state index is -4.76. The van der Waals surface area contributed by atoms with E-state index in [4.69, 9.17) is 0 Å². The van der Waals surface area contributed by atoms with Crippen molar-refractivity contribution >= 4 is 17.4 Å². The SMILES string of the molecule is Cc1csc(=NC(=O)NCC(C)Cc2ccc(-c3ncn(-c4ccc(OC(F)(F)F)cc4)n3)cc2)n1-c1ccc(F)cc1C(C)C. The van der Waals surface area contributed by atoms with Crippen molar-refractivity contribution in [2.24, 2.45) is 10.9 Å². The number of halogens is 4. The zero-order valence-electron chi connectivity index (χ0n) is 25.5. The van der Waals surface area contributed by atoms with Crippen molar-refractivity contribution in [1.29, 1.82) is 0 Å². The summed E-state index contributed by atoms with van der Waals surface area (Å²) < 4.78 is 58.5. The van der Waals surface area contributed by atoms with Crippen molar-refractivity contribution in [1.82, 2.24) is 24.6 Å². The van der Waals surface area contributed by atoms with Gasteiger partial charge in [-0.05, 0) is 78.8 Å². The summed E-state index contributed by atoms with van der Waals surface area (Å²) >= 11 is 1.35. The summed E-state index contributed by atoms with van der Waals surface area (Å²) in [6.45, 7) is 8.37. The number of urea groups is 1. The highest BCUT2D eigenvalue weighted by atomic mass is 32.1. The fourth-order valence-electron chi connectivity index (χ4n) is 4.93. The van der Waals surface area contributed by atoms with Gasteiger partial charge in [-0.25, -0.2) is 18.9 Å². The highest BCUT2D eigenvalue weighted by Crippen LogP contribution is 2.26. The molecule has 0 saturated heterocycles. The van der Waals surface area contributed by atoms with E-state index in [0.717, 1.165) is 28.1 Å². The molecule has 5 aromatic rings. The molecular weight excluding hydrogens is 620 g/mol. The van der Waals surface area contributed by atoms with Crippen molar-refractivity contribution in [3.05, 3.63) is 106 Å². The Kier molecular flexibility index (Phi) is 9.71. The second-order valence-corrected chi connectivity index (χ2v) is 12.0. The van der Waals surface area contributed by atoms with Crippen molar-refractivity contribution < 1.29 is 27.1 Å². The number of nitrogens with one attached hydrogen (secondary N) is 1. The predicted octanol–water partition coefficient (Wildman–Crippen LogP) is 7.75. The first-order valence-electron chi connectivity index (χ1n) is 14.5. The lowest BCUT2D eigenvalue weighted by Gasteiger charge is -2.15. The fourth-order valence-corrected chi connectivity index (χ4v) is 5.79. The Morgan fingerprint density at radius 1 is 1.04 bits per heavy atom. The molecule has 13 heteroatoms. The van der Waals surface area contributed by atoms with E-state index >= 15 is 0 Å². The topological polar surface area (TPSA) is 86.3 Å². The lowest BCUT2D eigenvalue weighted by atomic mass is 10.00. The van der Waals surface area contributed by atoms with Gasteiger partial charge in [0.2, 0.25) is 0 Å². The van der Waals surface area contributed by atoms with Crippen molar-refractivity contribution in [2.45, 2.75) is 46.4 Å². The van der Waals surface area contributed by atoms with Crippen LogP contribution in [0, 0.1) is 18.7 Å². The number of carbonyl (C=O) groups is 1. The van der Waals surface area contributed by atoms with Crippen LogP contribution in [0.1, 0.15) is 43.5 Å². The predicted molar refractivity (Wildman–Crippen MR) is 168 cm³/mol. The Morgan fingerprint density at radius 2 is 1.76 bits per heavy atom. The number of aromatic nitrogens is 4. The monoisotopic (exact) mass is 652 g/mol. The number of amides is 2. The van der Waals surface area contributed by atoms with Crippen LogP contribution in [-0.2, 0) is 6.42 Å². The summed E-state index contributed by atoms with van der Waals surface area (Å²) in [6, 6.07) is 17.3. The molecule has 240 valence electrons. The zero-order chi connectivity index (χ0) is 33.0. The number of ether oxygens (including phenoxy) is 1. The Labute approximate surface area is 267 Å². The van der Waals surface area contributed by atoms with Crippen LogP contribution in [0.3, 0.4) is 0 Å². The molecule has 3 aromatic carbocycles. The largest absolute Gasteiger partial charge is 0.573 e. The molecular formula is C33H32F4N6O2S. The third kappa shape index (κ3) is 8.08. The highest BCUT2D eigenvalue weighted by Gasteiger charge is 2.31. The van der Waals surface area contributed by atoms with Gasteiger partial charge in [-0.3, -0.25) is 4.57 Å². The molecule has 5 rings (SSSR count). The number of hydrogen-bond donors (Lipinski definition) is 1. The smallest absolute Gasteiger partial charge is 0.406 e. The van der Waals surface area contributed by atoms with E-state index in [1.54, 1.807) is 6.07 Å². The first-order chi connectivity index (χ1) is 21.9. The molecule has 0 fully saturated rings. The lowest BCUT2D eigenvalue weighted by Crippen LogP contribution is -2.29. The van der Waals surface area contributed by atoms with Crippen LogP contribution in [-0.4, -0.2) is 38.3 Å². The summed E-state index contributed by atoms with van der Waals surface area (Å²) in [5, 5.41) is 9.25. The molecule has 1 atom stereocenters. The Bertz CT molecular complexity index is 1880. The summed E-state index contributed by atoms with van der Waals surface area (Å²) in [7, 11) is 0. The number of carbonyl (C=O) groups excluding carboxylic acids is 1. The number of rotatable bonds is 9. The number of benzene rings is 3. The normalized spacial score (nSPS) is 12.8. The number of hydrogen-bond acceptors (Lipinski definition) is 5. The Morgan fingerprint density at radius 3 is 2.43 bits per heavy atom. The van der Waals surface area contributed by atoms with Gasteiger partial charge in [-0.2, -0.15) is 4.99 Å². The molecule has 0 spiro atoms. The maximum absolute atomic E-state index is 14.0. The van der Waals surface area contributed by atoms with Gasteiger partial charge in [0, 0.05) is 23.2 Å². The van der Waals surface area contributed by atoms with E-state index < -0.39 is 12.4 Å². The van der Waals surface area contributed by atoms with Crippen molar-refractivity contribution in [3.8, 4) is 28.5 Å². The van der Waals surface area contributed by atoms with Gasteiger partial charge in [0.05, 0.1) is 11.4 Å². The molecule has 8 nitrogen and oxygen atoms in total. The quantitative estimate of drug-likeness (QED) is 0.165. The van der Waals surface area contributed by atoms with Crippen molar-refractivity contribution in [3.63, 3.8) is 0 Å². The van der Waals surface area contributed by atoms with Gasteiger partial charge in [0.1, 0.15) is 17.9 Å². The van der Waals surface area contributed by atoms with Gasteiger partial charge in [0.25, 0.3) is 0 Å². The van der Waals surface area contributed by atoms with Crippen LogP contribution in [0.25, 0.3) is 22.8 Å². The van der Waals surface area contributed by atoms with Crippen LogP contribution in [0.4, 0.5) is 22.4 Å². The molecule has 1 N–H and O–H groups in total. The number of nitrogens with zero attached hydrogens (tertiary/aromatic N) is 5. The number of alkyl halides is 3. The third-order valence-corrected chi connectivity index (χ3v) is 8.10. The molecule has 2 amide bonds. The standard InChI is InChI=1S/C33H32F4N6O2S/c1-20(2)28-16-25(34)9-14-29(28)43-22(4)18-46-32(43)40-31(44)38-17-21(3)15-23-5-7-24(8-6-23)30-39-19-42(41-30)26-10-12-27(13-11-26)45-33(35,36)37/h5-14,16,18-21H,15,17H2,1-4H3,(H,38,44). The fraction of sp³-hybridized carbons (Fsp3) is 0.273. The van der Waals surface area contributed by atoms with E-state index in [1.165, 1.54) is 58.7 Å². The Hall–Kier alpha value is -4.78. The molecule has 2 aromatic heterocycles.